The lowest BCUT2D eigenvalue weighted by Gasteiger charge is -2.07. The first-order valence-corrected chi connectivity index (χ1v) is 5.67. The van der Waals surface area contributed by atoms with Gasteiger partial charge in [-0.25, -0.2) is 0 Å². The summed E-state index contributed by atoms with van der Waals surface area (Å²) in [6, 6.07) is 5.42. The highest BCUT2D eigenvalue weighted by molar-refractivity contribution is 6.32. The molecule has 17 heavy (non-hydrogen) atoms. The molecule has 0 spiro atoms. The van der Waals surface area contributed by atoms with Gasteiger partial charge in [-0.1, -0.05) is 23.6 Å². The maximum absolute atomic E-state index is 11.1. The van der Waals surface area contributed by atoms with Gasteiger partial charge in [0, 0.05) is 6.54 Å². The topological polar surface area (TPSA) is 38.3 Å². The highest BCUT2D eigenvalue weighted by Gasteiger charge is 2.03. The highest BCUT2D eigenvalue weighted by atomic mass is 35.5. The first kappa shape index (κ1) is 13.4. The van der Waals surface area contributed by atoms with Crippen LogP contribution in [0.4, 0.5) is 0 Å². The lowest BCUT2D eigenvalue weighted by molar-refractivity contribution is -0.115. The van der Waals surface area contributed by atoms with Crippen LogP contribution in [0.25, 0.3) is 0 Å². The van der Waals surface area contributed by atoms with E-state index in [4.69, 9.17) is 16.3 Å². The number of hydrogen-bond acceptors (Lipinski definition) is 2. The molecule has 0 atom stereocenters. The second-order valence-electron chi connectivity index (χ2n) is 3.26. The van der Waals surface area contributed by atoms with E-state index in [0.29, 0.717) is 23.9 Å². The molecule has 3 nitrogen and oxygen atoms in total. The smallest absolute Gasteiger partial charge is 0.296 e. The molecule has 1 aromatic rings. The van der Waals surface area contributed by atoms with E-state index in [-0.39, 0.29) is 5.91 Å². The molecule has 1 N–H and O–H groups in total. The fourth-order valence-corrected chi connectivity index (χ4v) is 1.52. The summed E-state index contributed by atoms with van der Waals surface area (Å²) in [7, 11) is 0. The summed E-state index contributed by atoms with van der Waals surface area (Å²) in [5.74, 6) is 5.29. The summed E-state index contributed by atoms with van der Waals surface area (Å²) in [6.07, 6.45) is 0. The Hall–Kier alpha value is -1.66. The van der Waals surface area contributed by atoms with E-state index >= 15 is 0 Å². The fourth-order valence-electron chi connectivity index (χ4n) is 1.27. The lowest BCUT2D eigenvalue weighted by atomic mass is 10.2. The monoisotopic (exact) mass is 251 g/mol. The average molecular weight is 252 g/mol. The normalized spacial score (nSPS) is 9.12. The van der Waals surface area contributed by atoms with Crippen LogP contribution in [0.5, 0.6) is 5.75 Å². The number of ether oxygens (including phenoxy) is 1. The van der Waals surface area contributed by atoms with Gasteiger partial charge in [0.25, 0.3) is 5.91 Å². The fraction of sp³-hybridized carbons (Fsp3) is 0.308. The molecule has 0 aliphatic heterocycles. The minimum atomic E-state index is -0.294. The molecule has 4 heteroatoms. The Kier molecular flexibility index (Phi) is 5.38. The van der Waals surface area contributed by atoms with Crippen molar-refractivity contribution in [2.24, 2.45) is 0 Å². The average Bonchev–Trinajstić information content (AvgIpc) is 2.30. The Morgan fingerprint density at radius 1 is 1.53 bits per heavy atom. The molecule has 0 fully saturated rings. The number of hydrogen-bond donors (Lipinski definition) is 1. The van der Waals surface area contributed by atoms with Crippen molar-refractivity contribution in [3.8, 4) is 17.6 Å². The van der Waals surface area contributed by atoms with Crippen molar-refractivity contribution in [2.75, 3.05) is 6.61 Å². The predicted molar refractivity (Wildman–Crippen MR) is 67.9 cm³/mol. The van der Waals surface area contributed by atoms with Gasteiger partial charge in [0.05, 0.1) is 11.6 Å². The van der Waals surface area contributed by atoms with Crippen molar-refractivity contribution >= 4 is 17.5 Å². The molecule has 0 bridgehead atoms. The van der Waals surface area contributed by atoms with Crippen LogP contribution in [-0.4, -0.2) is 12.5 Å². The first-order chi connectivity index (χ1) is 8.17. The van der Waals surface area contributed by atoms with Gasteiger partial charge in [0.1, 0.15) is 5.75 Å². The molecule has 0 heterocycles. The Labute approximate surface area is 106 Å². The zero-order chi connectivity index (χ0) is 12.7. The molecule has 90 valence electrons. The Morgan fingerprint density at radius 2 is 2.29 bits per heavy atom. The largest absolute Gasteiger partial charge is 0.492 e. The Balaban J connectivity index is 2.63. The number of amides is 1. The zero-order valence-electron chi connectivity index (χ0n) is 9.84. The minimum absolute atomic E-state index is 0.294. The molecule has 0 aliphatic rings. The van der Waals surface area contributed by atoms with Crippen molar-refractivity contribution in [3.63, 3.8) is 0 Å². The van der Waals surface area contributed by atoms with Crippen LogP contribution in [0, 0.1) is 11.8 Å². The van der Waals surface area contributed by atoms with Gasteiger partial charge in [-0.2, -0.15) is 0 Å². The summed E-state index contributed by atoms with van der Waals surface area (Å²) in [6.45, 7) is 4.49. The van der Waals surface area contributed by atoms with E-state index in [1.54, 1.807) is 19.1 Å². The molecule has 0 aromatic heterocycles. The van der Waals surface area contributed by atoms with Crippen LogP contribution >= 0.6 is 11.6 Å². The molecular formula is C13H14ClNO2. The summed E-state index contributed by atoms with van der Waals surface area (Å²) in [5.41, 5.74) is 0.907. The summed E-state index contributed by atoms with van der Waals surface area (Å²) in [5, 5.41) is 3.21. The van der Waals surface area contributed by atoms with E-state index in [2.05, 4.69) is 17.2 Å². The summed E-state index contributed by atoms with van der Waals surface area (Å²) >= 11 is 6.02. The Morgan fingerprint density at radius 3 is 2.88 bits per heavy atom. The molecule has 0 saturated heterocycles. The van der Waals surface area contributed by atoms with Gasteiger partial charge in [-0.15, -0.1) is 0 Å². The molecule has 0 saturated carbocycles. The van der Waals surface area contributed by atoms with E-state index in [1.807, 2.05) is 13.0 Å². The van der Waals surface area contributed by atoms with Gasteiger partial charge in [0.15, 0.2) is 0 Å². The minimum Gasteiger partial charge on any atom is -0.492 e. The van der Waals surface area contributed by atoms with Gasteiger partial charge >= 0.3 is 0 Å². The lowest BCUT2D eigenvalue weighted by Crippen LogP contribution is -2.20. The van der Waals surface area contributed by atoms with Gasteiger partial charge in [-0.05, 0) is 37.5 Å². The standard InChI is InChI=1S/C13H14ClNO2/c1-3-5-13(16)15-9-10-6-7-12(17-4-2)11(14)8-10/h6-8H,4,9H2,1-2H3,(H,15,16). The van der Waals surface area contributed by atoms with E-state index in [1.165, 1.54) is 0 Å². The quantitative estimate of drug-likeness (QED) is 0.835. The van der Waals surface area contributed by atoms with Gasteiger partial charge in [-0.3, -0.25) is 4.79 Å². The van der Waals surface area contributed by atoms with Crippen molar-refractivity contribution < 1.29 is 9.53 Å². The summed E-state index contributed by atoms with van der Waals surface area (Å²) < 4.78 is 5.31. The molecule has 1 rings (SSSR count). The number of rotatable bonds is 4. The summed E-state index contributed by atoms with van der Waals surface area (Å²) in [4.78, 5) is 11.1. The zero-order valence-corrected chi connectivity index (χ0v) is 10.6. The molecule has 0 radical (unpaired) electrons. The van der Waals surface area contributed by atoms with Crippen LogP contribution in [0.15, 0.2) is 18.2 Å². The third-order valence-corrected chi connectivity index (χ3v) is 2.28. The number of nitrogens with one attached hydrogen (secondary N) is 1. The predicted octanol–water partition coefficient (Wildman–Crippen LogP) is 2.38. The van der Waals surface area contributed by atoms with Gasteiger partial charge in [0.2, 0.25) is 0 Å². The van der Waals surface area contributed by atoms with E-state index < -0.39 is 0 Å². The second-order valence-corrected chi connectivity index (χ2v) is 3.66. The van der Waals surface area contributed by atoms with Crippen molar-refractivity contribution in [3.05, 3.63) is 28.8 Å². The number of benzene rings is 1. The van der Waals surface area contributed by atoms with Gasteiger partial charge < -0.3 is 10.1 Å². The maximum Gasteiger partial charge on any atom is 0.296 e. The van der Waals surface area contributed by atoms with Crippen LogP contribution in [0.3, 0.4) is 0 Å². The molecular weight excluding hydrogens is 238 g/mol. The van der Waals surface area contributed by atoms with E-state index in [0.717, 1.165) is 5.56 Å². The highest BCUT2D eigenvalue weighted by Crippen LogP contribution is 2.25. The molecule has 0 unspecified atom stereocenters. The number of halogens is 1. The molecule has 1 amide bonds. The molecule has 1 aromatic carbocycles. The van der Waals surface area contributed by atoms with Crippen molar-refractivity contribution in [2.45, 2.75) is 20.4 Å². The third-order valence-electron chi connectivity index (χ3n) is 1.99. The first-order valence-electron chi connectivity index (χ1n) is 5.29. The SMILES string of the molecule is CC#CC(=O)NCc1ccc(OCC)c(Cl)c1. The van der Waals surface area contributed by atoms with Crippen LogP contribution in [0.2, 0.25) is 5.02 Å². The Bertz CT molecular complexity index is 460. The van der Waals surface area contributed by atoms with Crippen LogP contribution < -0.4 is 10.1 Å². The van der Waals surface area contributed by atoms with Crippen molar-refractivity contribution in [1.82, 2.24) is 5.32 Å². The number of carbonyl (C=O) groups is 1. The van der Waals surface area contributed by atoms with Crippen LogP contribution in [-0.2, 0) is 11.3 Å². The molecule has 0 aliphatic carbocycles. The van der Waals surface area contributed by atoms with Crippen LogP contribution in [0.1, 0.15) is 19.4 Å². The maximum atomic E-state index is 11.1. The van der Waals surface area contributed by atoms with Crippen molar-refractivity contribution in [1.29, 1.82) is 0 Å². The second kappa shape index (κ2) is 6.82. The third kappa shape index (κ3) is 4.38. The number of carbonyl (C=O) groups excluding carboxylic acids is 1. The van der Waals surface area contributed by atoms with E-state index in [9.17, 15) is 4.79 Å².